The average Bonchev–Trinajstić information content (AvgIpc) is 2.70. The molecule has 0 saturated heterocycles. The van der Waals surface area contributed by atoms with E-state index in [9.17, 15) is 9.59 Å². The van der Waals surface area contributed by atoms with Crippen LogP contribution in [0.2, 0.25) is 0 Å². The van der Waals surface area contributed by atoms with Crippen LogP contribution in [0.1, 0.15) is 21.6 Å². The summed E-state index contributed by atoms with van der Waals surface area (Å²) in [6.45, 7) is 1.70. The normalized spacial score (nSPS) is 9.85. The van der Waals surface area contributed by atoms with Crippen molar-refractivity contribution in [1.29, 1.82) is 5.26 Å². The Balaban J connectivity index is 2.13. The maximum Gasteiger partial charge on any atom is 0.271 e. The first-order chi connectivity index (χ1) is 9.52. The van der Waals surface area contributed by atoms with Crippen LogP contribution in [0.3, 0.4) is 0 Å². The minimum absolute atomic E-state index is 0.287. The number of carbonyl (C=O) groups excluding carboxylic acids is 1. The SMILES string of the molecule is Cc1nn(C)c(NNC(=O)c2ccc(=O)[nH]c2)c1C#N. The first-order valence-corrected chi connectivity index (χ1v) is 5.71. The molecular formula is C12H12N6O2. The Morgan fingerprint density at radius 3 is 2.85 bits per heavy atom. The van der Waals surface area contributed by atoms with E-state index >= 15 is 0 Å². The Bertz CT molecular complexity index is 732. The minimum atomic E-state index is -0.441. The number of nitrogens with one attached hydrogen (secondary N) is 3. The maximum atomic E-state index is 11.8. The van der Waals surface area contributed by atoms with E-state index in [2.05, 4.69) is 20.9 Å². The monoisotopic (exact) mass is 272 g/mol. The summed E-state index contributed by atoms with van der Waals surface area (Å²) in [6.07, 6.45) is 1.30. The van der Waals surface area contributed by atoms with Gasteiger partial charge in [0.2, 0.25) is 5.56 Å². The highest BCUT2D eigenvalue weighted by Gasteiger charge is 2.13. The van der Waals surface area contributed by atoms with E-state index in [-0.39, 0.29) is 11.1 Å². The van der Waals surface area contributed by atoms with Crippen LogP contribution < -0.4 is 16.4 Å². The number of H-pyrrole nitrogens is 1. The van der Waals surface area contributed by atoms with Crippen molar-refractivity contribution >= 4 is 11.7 Å². The number of carbonyl (C=O) groups is 1. The second kappa shape index (κ2) is 5.27. The van der Waals surface area contributed by atoms with E-state index in [4.69, 9.17) is 5.26 Å². The molecule has 0 aliphatic rings. The molecule has 0 aliphatic carbocycles. The maximum absolute atomic E-state index is 11.8. The molecular weight excluding hydrogens is 260 g/mol. The quantitative estimate of drug-likeness (QED) is 0.682. The Morgan fingerprint density at radius 2 is 2.25 bits per heavy atom. The predicted octanol–water partition coefficient (Wildman–Crippen LogP) is 0.0454. The molecule has 1 amide bonds. The number of aryl methyl sites for hydroxylation is 2. The average molecular weight is 272 g/mol. The van der Waals surface area contributed by atoms with Crippen molar-refractivity contribution in [3.8, 4) is 6.07 Å². The zero-order valence-electron chi connectivity index (χ0n) is 10.9. The zero-order chi connectivity index (χ0) is 14.7. The summed E-state index contributed by atoms with van der Waals surface area (Å²) < 4.78 is 1.46. The van der Waals surface area contributed by atoms with Crippen molar-refractivity contribution in [2.24, 2.45) is 7.05 Å². The van der Waals surface area contributed by atoms with Gasteiger partial charge >= 0.3 is 0 Å². The van der Waals surface area contributed by atoms with Gasteiger partial charge in [0, 0.05) is 19.3 Å². The number of hydrogen-bond donors (Lipinski definition) is 3. The van der Waals surface area contributed by atoms with Crippen molar-refractivity contribution < 1.29 is 4.79 Å². The lowest BCUT2D eigenvalue weighted by atomic mass is 10.2. The molecule has 0 radical (unpaired) electrons. The summed E-state index contributed by atoms with van der Waals surface area (Å²) >= 11 is 0. The first kappa shape index (κ1) is 13.4. The van der Waals surface area contributed by atoms with E-state index in [0.29, 0.717) is 17.1 Å². The van der Waals surface area contributed by atoms with Crippen molar-refractivity contribution in [1.82, 2.24) is 20.2 Å². The molecule has 0 bridgehead atoms. The molecule has 0 atom stereocenters. The second-order valence-electron chi connectivity index (χ2n) is 4.07. The summed E-state index contributed by atoms with van der Waals surface area (Å²) in [6, 6.07) is 4.66. The zero-order valence-corrected chi connectivity index (χ0v) is 10.9. The molecule has 0 unspecified atom stereocenters. The number of pyridine rings is 1. The van der Waals surface area contributed by atoms with Gasteiger partial charge in [0.15, 0.2) is 5.82 Å². The summed E-state index contributed by atoms with van der Waals surface area (Å²) in [5.41, 5.74) is 6.01. The topological polar surface area (TPSA) is 116 Å². The van der Waals surface area contributed by atoms with Gasteiger partial charge in [-0.1, -0.05) is 0 Å². The van der Waals surface area contributed by atoms with Gasteiger partial charge in [-0.05, 0) is 13.0 Å². The highest BCUT2D eigenvalue weighted by atomic mass is 16.2. The third-order valence-corrected chi connectivity index (χ3v) is 2.67. The van der Waals surface area contributed by atoms with Gasteiger partial charge in [-0.25, -0.2) is 0 Å². The van der Waals surface area contributed by atoms with Gasteiger partial charge in [-0.2, -0.15) is 10.4 Å². The Morgan fingerprint density at radius 1 is 1.50 bits per heavy atom. The lowest BCUT2D eigenvalue weighted by Gasteiger charge is -2.08. The third kappa shape index (κ3) is 2.51. The molecule has 2 aromatic rings. The molecule has 0 aliphatic heterocycles. The fraction of sp³-hybridized carbons (Fsp3) is 0.167. The molecule has 0 aromatic carbocycles. The van der Waals surface area contributed by atoms with Crippen LogP contribution in [0.4, 0.5) is 5.82 Å². The van der Waals surface area contributed by atoms with Crippen LogP contribution >= 0.6 is 0 Å². The molecule has 8 heteroatoms. The predicted molar refractivity (Wildman–Crippen MR) is 70.8 cm³/mol. The molecule has 0 saturated carbocycles. The number of nitrogens with zero attached hydrogens (tertiary/aromatic N) is 3. The summed E-state index contributed by atoms with van der Waals surface area (Å²) in [4.78, 5) is 25.1. The lowest BCUT2D eigenvalue weighted by molar-refractivity contribution is 0.0962. The molecule has 2 heterocycles. The van der Waals surface area contributed by atoms with E-state index in [0.717, 1.165) is 0 Å². The molecule has 0 spiro atoms. The molecule has 2 rings (SSSR count). The van der Waals surface area contributed by atoms with Crippen LogP contribution in [0.15, 0.2) is 23.1 Å². The van der Waals surface area contributed by atoms with E-state index in [1.165, 1.54) is 23.0 Å². The van der Waals surface area contributed by atoms with Crippen LogP contribution in [0.5, 0.6) is 0 Å². The Hall–Kier alpha value is -3.08. The van der Waals surface area contributed by atoms with Crippen molar-refractivity contribution in [3.63, 3.8) is 0 Å². The number of rotatable bonds is 3. The number of amides is 1. The summed E-state index contributed by atoms with van der Waals surface area (Å²) in [7, 11) is 1.66. The molecule has 2 aromatic heterocycles. The lowest BCUT2D eigenvalue weighted by Crippen LogP contribution is -2.31. The largest absolute Gasteiger partial charge is 0.328 e. The van der Waals surface area contributed by atoms with Crippen LogP contribution in [-0.4, -0.2) is 20.7 Å². The fourth-order valence-electron chi connectivity index (χ4n) is 1.68. The standard InChI is InChI=1S/C12H12N6O2/c1-7-9(5-13)11(18(2)17-7)15-16-12(20)8-3-4-10(19)14-6-8/h3-4,6,15H,1-2H3,(H,14,19)(H,16,20). The molecule has 8 nitrogen and oxygen atoms in total. The van der Waals surface area contributed by atoms with Crippen molar-refractivity contribution in [2.75, 3.05) is 5.43 Å². The number of hydrogen-bond acceptors (Lipinski definition) is 5. The fourth-order valence-corrected chi connectivity index (χ4v) is 1.68. The molecule has 20 heavy (non-hydrogen) atoms. The van der Waals surface area contributed by atoms with Gasteiger partial charge in [0.25, 0.3) is 5.91 Å². The number of nitriles is 1. The number of aromatic amines is 1. The minimum Gasteiger partial charge on any atom is -0.328 e. The highest BCUT2D eigenvalue weighted by Crippen LogP contribution is 2.16. The summed E-state index contributed by atoms with van der Waals surface area (Å²) in [5.74, 6) is -0.0493. The number of hydrazine groups is 1. The van der Waals surface area contributed by atoms with Crippen LogP contribution in [0.25, 0.3) is 0 Å². The smallest absolute Gasteiger partial charge is 0.271 e. The number of aromatic nitrogens is 3. The van der Waals surface area contributed by atoms with Crippen molar-refractivity contribution in [3.05, 3.63) is 45.5 Å². The van der Waals surface area contributed by atoms with Gasteiger partial charge in [-0.15, -0.1) is 0 Å². The van der Waals surface area contributed by atoms with Gasteiger partial charge in [0.05, 0.1) is 11.3 Å². The van der Waals surface area contributed by atoms with Crippen LogP contribution in [0, 0.1) is 18.3 Å². The Labute approximate surface area is 114 Å². The van der Waals surface area contributed by atoms with Crippen molar-refractivity contribution in [2.45, 2.75) is 6.92 Å². The Kier molecular flexibility index (Phi) is 3.52. The number of anilines is 1. The van der Waals surface area contributed by atoms with Crippen LogP contribution in [-0.2, 0) is 7.05 Å². The van der Waals surface area contributed by atoms with E-state index in [1.54, 1.807) is 14.0 Å². The van der Waals surface area contributed by atoms with E-state index < -0.39 is 5.91 Å². The second-order valence-corrected chi connectivity index (χ2v) is 4.07. The van der Waals surface area contributed by atoms with Gasteiger partial charge in [-0.3, -0.25) is 25.1 Å². The molecule has 0 fully saturated rings. The first-order valence-electron chi connectivity index (χ1n) is 5.71. The highest BCUT2D eigenvalue weighted by molar-refractivity contribution is 5.94. The molecule has 3 N–H and O–H groups in total. The van der Waals surface area contributed by atoms with Gasteiger partial charge < -0.3 is 4.98 Å². The molecule has 102 valence electrons. The van der Waals surface area contributed by atoms with Gasteiger partial charge in [0.1, 0.15) is 11.6 Å². The third-order valence-electron chi connectivity index (χ3n) is 2.67. The van der Waals surface area contributed by atoms with E-state index in [1.807, 2.05) is 6.07 Å². The summed E-state index contributed by atoms with van der Waals surface area (Å²) in [5, 5.41) is 13.1.